The Kier molecular flexibility index (Phi) is 127. The van der Waals surface area contributed by atoms with Gasteiger partial charge in [-0.05, 0) is 0 Å². The number of rotatable bonds is 0. The molecule has 0 aromatic rings. The normalized spacial score (nSPS) is 8.43. The van der Waals surface area contributed by atoms with Gasteiger partial charge in [0.2, 0.25) is 0 Å². The monoisotopic (exact) mass is 879 g/mol. The van der Waals surface area contributed by atoms with Crippen LogP contribution in [0, 0.1) is 0 Å². The second-order valence-corrected chi connectivity index (χ2v) is 8.95. The predicted molar refractivity (Wildman–Crippen MR) is 30.2 cm³/mol. The Bertz CT molecular complexity index is 316. The van der Waals surface area contributed by atoms with Crippen LogP contribution in [0.2, 0.25) is 0 Å². The van der Waals surface area contributed by atoms with E-state index in [0.717, 1.165) is 0 Å². The smallest absolute Gasteiger partial charge is 1.00 e. The van der Waals surface area contributed by atoms with Crippen LogP contribution in [0.15, 0.2) is 0 Å². The molecule has 0 spiro atoms. The Morgan fingerprint density at radius 1 is 0.321 bits per heavy atom. The Morgan fingerprint density at radius 2 is 0.321 bits per heavy atom. The van der Waals surface area contributed by atoms with Crippen LogP contribution >= 0.6 is 0 Å². The first-order valence-corrected chi connectivity index (χ1v) is 14.9. The molecule has 0 bridgehead atoms. The number of hydrogen-bond donors (Lipinski definition) is 0. The molecule has 0 aliphatic heterocycles. The van der Waals surface area contributed by atoms with Gasteiger partial charge in [0.25, 0.3) is 0 Å². The van der Waals surface area contributed by atoms with Crippen LogP contribution < -0.4 is 444 Å². The molecule has 0 N–H and O–H groups in total. The zero-order valence-corrected chi connectivity index (χ0v) is 48.7. The number of hydrogen-bond acceptors (Lipinski definition) is 12. The Balaban J connectivity index is -0.0000000111. The van der Waals surface area contributed by atoms with Crippen LogP contribution in [0.25, 0.3) is 0 Å². The van der Waals surface area contributed by atoms with Crippen molar-refractivity contribution in [1.29, 1.82) is 0 Å². The van der Waals surface area contributed by atoms with Gasteiger partial charge in [-0.3, -0.25) is 0 Å². The summed E-state index contributed by atoms with van der Waals surface area (Å²) < 4.78 is 143. The van der Waals surface area contributed by atoms with Crippen LogP contribution in [0.3, 0.4) is 0 Å². The van der Waals surface area contributed by atoms with E-state index in [1.807, 2.05) is 0 Å². The summed E-state index contributed by atoms with van der Waals surface area (Å²) in [7, 11) is 0. The van der Waals surface area contributed by atoms with Crippen LogP contribution in [0.1, 0.15) is 0 Å². The molecule has 0 aliphatic rings. The zero-order valence-electron chi connectivity index (χ0n) is 16.2. The summed E-state index contributed by atoms with van der Waals surface area (Å²) in [5.74, 6) is 0. The molecular weight excluding hydrogens is 880 g/mol. The molecule has 0 aromatic heterocycles. The average Bonchev–Trinajstić information content (AvgIpc) is 1.62. The maximum atomic E-state index is 10.2. The Hall–Kier alpha value is 13.9. The van der Waals surface area contributed by atoms with E-state index in [0.29, 0.717) is 0 Å². The minimum absolute atomic E-state index is 0. The van der Waals surface area contributed by atoms with E-state index in [4.69, 9.17) is 47.7 Å². The van der Waals surface area contributed by atoms with E-state index >= 15 is 0 Å². The van der Waals surface area contributed by atoms with Gasteiger partial charge in [0, 0.05) is 0 Å². The van der Waals surface area contributed by atoms with Crippen molar-refractivity contribution in [3.05, 3.63) is 0 Å². The van der Waals surface area contributed by atoms with Gasteiger partial charge < -0.3 is 0 Å². The van der Waals surface area contributed by atoms with Crippen LogP contribution in [-0.4, -0.2) is 58.6 Å². The zero-order chi connectivity index (χ0) is 18.0. The van der Waals surface area contributed by atoms with E-state index in [9.17, 15) is 13.9 Å². The Morgan fingerprint density at radius 3 is 0.321 bits per heavy atom. The van der Waals surface area contributed by atoms with E-state index in [1.165, 1.54) is 0 Å². The van der Waals surface area contributed by atoms with Crippen molar-refractivity contribution in [3.63, 3.8) is 0 Å². The van der Waals surface area contributed by atoms with Crippen LogP contribution in [-0.2, 0) is 15.0 Å². The summed E-state index contributed by atoms with van der Waals surface area (Å²) in [5.41, 5.74) is 0. The second kappa shape index (κ2) is 45.4. The fraction of sp³-hybridized carbons (Fsp3) is 0. The Labute approximate surface area is 511 Å². The average molecular weight is 880 g/mol. The van der Waals surface area contributed by atoms with Gasteiger partial charge in [-0.25, -0.2) is 0 Å². The van der Waals surface area contributed by atoms with Crippen molar-refractivity contribution in [1.82, 2.24) is 0 Å². The summed E-state index contributed by atoms with van der Waals surface area (Å²) in [6.07, 6.45) is 0. The van der Waals surface area contributed by atoms with Crippen molar-refractivity contribution in [2.75, 3.05) is 0 Å². The minimum Gasteiger partial charge on any atom is 1.00 e. The van der Waals surface area contributed by atoms with Crippen molar-refractivity contribution in [2.45, 2.75) is 0 Å². The molecular formula is As4F4K8O12. The van der Waals surface area contributed by atoms with Gasteiger partial charge in [0.1, 0.15) is 0 Å². The standard InChI is InChI=1S/4AsFH2O3.8K/c4*2-1(3,4)5;;;;;;;;/h4*(H2,3,4,5);;;;;;;;/q;;;;8*+1/p-8. The third-order valence-electron chi connectivity index (χ3n) is 0. The van der Waals surface area contributed by atoms with E-state index in [-0.39, 0.29) is 411 Å². The summed E-state index contributed by atoms with van der Waals surface area (Å²) in [4.78, 5) is 0. The molecule has 12 nitrogen and oxygen atoms in total. The molecule has 28 heteroatoms. The maximum Gasteiger partial charge on any atom is 1.00 e. The van der Waals surface area contributed by atoms with Gasteiger partial charge >= 0.3 is 531 Å². The SMILES string of the molecule is O=[As]([O-])([O-])F.O=[As]([O-])([O-])F.O=[As]([O-])([O-])F.O=[As]([O-])([O-])F.[K+].[K+].[K+].[K+].[K+].[K+].[K+].[K+]. The third-order valence-corrected chi connectivity index (χ3v) is 0. The van der Waals surface area contributed by atoms with Crippen molar-refractivity contribution in [3.8, 4) is 0 Å². The molecule has 0 heterocycles. The molecule has 128 valence electrons. The largest absolute Gasteiger partial charge is 1.00 e. The van der Waals surface area contributed by atoms with E-state index in [1.54, 1.807) is 0 Å². The second-order valence-electron chi connectivity index (χ2n) is 1.72. The van der Waals surface area contributed by atoms with Gasteiger partial charge in [-0.15, -0.1) is 0 Å². The fourth-order valence-corrected chi connectivity index (χ4v) is 0. The van der Waals surface area contributed by atoms with E-state index < -0.39 is 58.6 Å². The third kappa shape index (κ3) is 312. The summed E-state index contributed by atoms with van der Waals surface area (Å²) >= 11 is -24.5. The molecule has 0 rings (SSSR count). The van der Waals surface area contributed by atoms with Gasteiger partial charge in [-0.2, -0.15) is 0 Å². The summed E-state index contributed by atoms with van der Waals surface area (Å²) in [6, 6.07) is 0. The van der Waals surface area contributed by atoms with E-state index in [2.05, 4.69) is 0 Å². The molecule has 0 unspecified atom stereocenters. The van der Waals surface area contributed by atoms with Crippen molar-refractivity contribution in [2.24, 2.45) is 0 Å². The quantitative estimate of drug-likeness (QED) is 0.163. The number of halogens is 4. The summed E-state index contributed by atoms with van der Waals surface area (Å²) in [6.45, 7) is 0. The van der Waals surface area contributed by atoms with Gasteiger partial charge in [0.15, 0.2) is 0 Å². The predicted octanol–water partition coefficient (Wildman–Crippen LogP) is -33.8. The van der Waals surface area contributed by atoms with Crippen molar-refractivity contribution < 1.29 is 473 Å². The van der Waals surface area contributed by atoms with Crippen LogP contribution in [0.4, 0.5) is 13.9 Å². The molecule has 0 amide bonds. The maximum absolute atomic E-state index is 10.2. The molecule has 0 radical (unpaired) electrons. The topological polar surface area (TPSA) is 253 Å². The molecule has 0 saturated carbocycles. The molecule has 0 atom stereocenters. The molecule has 0 aromatic carbocycles. The first kappa shape index (κ1) is 78.4. The minimum atomic E-state index is -6.12. The summed E-state index contributed by atoms with van der Waals surface area (Å²) in [5, 5.41) is 0. The molecule has 0 saturated heterocycles. The van der Waals surface area contributed by atoms with Gasteiger partial charge in [0.05, 0.1) is 0 Å². The first-order chi connectivity index (χ1) is 8.00. The first-order valence-electron chi connectivity index (χ1n) is 2.87. The van der Waals surface area contributed by atoms with Crippen LogP contribution in [0.5, 0.6) is 0 Å². The molecule has 28 heavy (non-hydrogen) atoms. The van der Waals surface area contributed by atoms with Gasteiger partial charge in [-0.1, -0.05) is 0 Å². The van der Waals surface area contributed by atoms with Crippen molar-refractivity contribution >= 4 is 58.6 Å². The molecule has 0 aliphatic carbocycles. The molecule has 0 fully saturated rings. The fourth-order valence-electron chi connectivity index (χ4n) is 0.